The van der Waals surface area contributed by atoms with E-state index in [1.165, 1.54) is 16.9 Å². The topological polar surface area (TPSA) is 0 Å². The smallest absolute Gasteiger partial charge is 0.0269 e. The van der Waals surface area contributed by atoms with Crippen LogP contribution in [-0.2, 0) is 0 Å². The van der Waals surface area contributed by atoms with Crippen molar-refractivity contribution in [1.82, 2.24) is 0 Å². The summed E-state index contributed by atoms with van der Waals surface area (Å²) in [5.74, 6) is 1.19. The van der Waals surface area contributed by atoms with Gasteiger partial charge in [0.1, 0.15) is 0 Å². The zero-order valence-electron chi connectivity index (χ0n) is 8.00. The van der Waals surface area contributed by atoms with Gasteiger partial charge < -0.3 is 0 Å². The molecule has 0 heterocycles. The molecule has 1 rings (SSSR count). The number of aryl methyl sites for hydroxylation is 1. The Morgan fingerprint density at radius 2 is 2.17 bits per heavy atom. The number of benzene rings is 1. The minimum Gasteiger partial charge on any atom is -0.154 e. The molecule has 1 unspecified atom stereocenters. The van der Waals surface area contributed by atoms with Crippen molar-refractivity contribution >= 4 is 11.8 Å². The molecule has 0 fully saturated rings. The number of hydrogen-bond acceptors (Lipinski definition) is 1. The molecule has 66 valence electrons. The predicted molar refractivity (Wildman–Crippen MR) is 57.7 cm³/mol. The van der Waals surface area contributed by atoms with Crippen LogP contribution in [0.2, 0.25) is 0 Å². The third-order valence-corrected chi connectivity index (χ3v) is 3.03. The molecule has 0 aliphatic rings. The fraction of sp³-hybridized carbons (Fsp3) is 0.455. The Kier molecular flexibility index (Phi) is 3.67. The van der Waals surface area contributed by atoms with Crippen LogP contribution in [0, 0.1) is 6.92 Å². The molecule has 12 heavy (non-hydrogen) atoms. The standard InChI is InChI=1S/C11H16S/c1-4-12-10(3)11-7-5-6-9(2)8-11/h5-8,10H,4H2,1-3H3. The highest BCUT2D eigenvalue weighted by atomic mass is 32.2. The van der Waals surface area contributed by atoms with Crippen molar-refractivity contribution in [2.45, 2.75) is 26.0 Å². The molecule has 1 heteroatoms. The summed E-state index contributed by atoms with van der Waals surface area (Å²) >= 11 is 1.99. The highest BCUT2D eigenvalue weighted by Crippen LogP contribution is 2.27. The van der Waals surface area contributed by atoms with Crippen LogP contribution in [0.4, 0.5) is 0 Å². The summed E-state index contributed by atoms with van der Waals surface area (Å²) in [4.78, 5) is 0. The van der Waals surface area contributed by atoms with Gasteiger partial charge in [-0.05, 0) is 25.2 Å². The van der Waals surface area contributed by atoms with Gasteiger partial charge in [-0.2, -0.15) is 11.8 Å². The van der Waals surface area contributed by atoms with Gasteiger partial charge in [0.2, 0.25) is 0 Å². The molecule has 0 aliphatic carbocycles. The van der Waals surface area contributed by atoms with Crippen molar-refractivity contribution < 1.29 is 0 Å². The van der Waals surface area contributed by atoms with Crippen LogP contribution in [0.3, 0.4) is 0 Å². The zero-order chi connectivity index (χ0) is 8.97. The molecule has 1 aromatic rings. The van der Waals surface area contributed by atoms with Crippen molar-refractivity contribution in [2.24, 2.45) is 0 Å². The summed E-state index contributed by atoms with van der Waals surface area (Å²) in [6, 6.07) is 8.76. The molecule has 0 saturated heterocycles. The first-order valence-corrected chi connectivity index (χ1v) is 5.47. The van der Waals surface area contributed by atoms with E-state index in [4.69, 9.17) is 0 Å². The fourth-order valence-electron chi connectivity index (χ4n) is 1.27. The molecule has 0 N–H and O–H groups in total. The van der Waals surface area contributed by atoms with Crippen molar-refractivity contribution in [1.29, 1.82) is 0 Å². The van der Waals surface area contributed by atoms with Gasteiger partial charge in [0.15, 0.2) is 0 Å². The summed E-state index contributed by atoms with van der Waals surface area (Å²) in [6.45, 7) is 6.62. The SMILES string of the molecule is CCSC(C)c1cccc(C)c1. The minimum absolute atomic E-state index is 0.634. The molecule has 0 radical (unpaired) electrons. The lowest BCUT2D eigenvalue weighted by atomic mass is 10.1. The van der Waals surface area contributed by atoms with Crippen molar-refractivity contribution in [3.8, 4) is 0 Å². The Morgan fingerprint density at radius 1 is 1.42 bits per heavy atom. The number of hydrogen-bond donors (Lipinski definition) is 0. The van der Waals surface area contributed by atoms with E-state index in [1.807, 2.05) is 11.8 Å². The molecule has 0 nitrogen and oxygen atoms in total. The van der Waals surface area contributed by atoms with Crippen molar-refractivity contribution in [2.75, 3.05) is 5.75 Å². The highest BCUT2D eigenvalue weighted by molar-refractivity contribution is 7.99. The molecule has 0 bridgehead atoms. The molecular formula is C11H16S. The quantitative estimate of drug-likeness (QED) is 0.681. The van der Waals surface area contributed by atoms with Crippen LogP contribution in [0.25, 0.3) is 0 Å². The van der Waals surface area contributed by atoms with E-state index in [0.717, 1.165) is 0 Å². The van der Waals surface area contributed by atoms with Crippen LogP contribution in [0.15, 0.2) is 24.3 Å². The van der Waals surface area contributed by atoms with Gasteiger partial charge in [0.25, 0.3) is 0 Å². The maximum absolute atomic E-state index is 2.27. The van der Waals surface area contributed by atoms with E-state index in [1.54, 1.807) is 0 Å². The summed E-state index contributed by atoms with van der Waals surface area (Å²) in [6.07, 6.45) is 0. The van der Waals surface area contributed by atoms with Gasteiger partial charge in [-0.1, -0.05) is 36.8 Å². The van der Waals surface area contributed by atoms with E-state index in [9.17, 15) is 0 Å². The number of rotatable bonds is 3. The summed E-state index contributed by atoms with van der Waals surface area (Å²) < 4.78 is 0. The predicted octanol–water partition coefficient (Wildman–Crippen LogP) is 3.81. The fourth-order valence-corrected chi connectivity index (χ4v) is 2.11. The zero-order valence-corrected chi connectivity index (χ0v) is 8.82. The van der Waals surface area contributed by atoms with E-state index in [-0.39, 0.29) is 0 Å². The van der Waals surface area contributed by atoms with E-state index < -0.39 is 0 Å². The lowest BCUT2D eigenvalue weighted by Crippen LogP contribution is -1.88. The maximum atomic E-state index is 2.27. The van der Waals surface area contributed by atoms with Gasteiger partial charge in [-0.3, -0.25) is 0 Å². The lowest BCUT2D eigenvalue weighted by Gasteiger charge is -2.10. The highest BCUT2D eigenvalue weighted by Gasteiger charge is 2.03. The second-order valence-corrected chi connectivity index (χ2v) is 4.63. The van der Waals surface area contributed by atoms with Gasteiger partial charge in [-0.25, -0.2) is 0 Å². The third-order valence-electron chi connectivity index (χ3n) is 1.93. The van der Waals surface area contributed by atoms with Crippen LogP contribution in [-0.4, -0.2) is 5.75 Å². The minimum atomic E-state index is 0.634. The van der Waals surface area contributed by atoms with Crippen molar-refractivity contribution in [3.05, 3.63) is 35.4 Å². The van der Waals surface area contributed by atoms with Crippen LogP contribution in [0.1, 0.15) is 30.2 Å². The average Bonchev–Trinajstić information content (AvgIpc) is 2.05. The second kappa shape index (κ2) is 4.56. The Labute approximate surface area is 79.4 Å². The van der Waals surface area contributed by atoms with Gasteiger partial charge in [0.05, 0.1) is 0 Å². The summed E-state index contributed by atoms with van der Waals surface area (Å²) in [5, 5.41) is 0.634. The van der Waals surface area contributed by atoms with Gasteiger partial charge in [0, 0.05) is 5.25 Å². The molecule has 0 saturated carbocycles. The largest absolute Gasteiger partial charge is 0.154 e. The van der Waals surface area contributed by atoms with Crippen molar-refractivity contribution in [3.63, 3.8) is 0 Å². The molecule has 0 spiro atoms. The maximum Gasteiger partial charge on any atom is 0.0269 e. The van der Waals surface area contributed by atoms with Gasteiger partial charge in [-0.15, -0.1) is 0 Å². The lowest BCUT2D eigenvalue weighted by molar-refractivity contribution is 1.09. The summed E-state index contributed by atoms with van der Waals surface area (Å²) in [7, 11) is 0. The Morgan fingerprint density at radius 3 is 2.75 bits per heavy atom. The molecule has 0 amide bonds. The average molecular weight is 180 g/mol. The normalized spacial score (nSPS) is 12.9. The van der Waals surface area contributed by atoms with Crippen LogP contribution in [0.5, 0.6) is 0 Å². The van der Waals surface area contributed by atoms with E-state index >= 15 is 0 Å². The summed E-state index contributed by atoms with van der Waals surface area (Å²) in [5.41, 5.74) is 2.80. The van der Waals surface area contributed by atoms with E-state index in [2.05, 4.69) is 45.0 Å². The third kappa shape index (κ3) is 2.56. The first kappa shape index (κ1) is 9.66. The van der Waals surface area contributed by atoms with Gasteiger partial charge >= 0.3 is 0 Å². The Balaban J connectivity index is 2.73. The first-order chi connectivity index (χ1) is 5.74. The Hall–Kier alpha value is -0.430. The molecule has 0 aliphatic heterocycles. The number of thioether (sulfide) groups is 1. The monoisotopic (exact) mass is 180 g/mol. The molecule has 0 aromatic heterocycles. The van der Waals surface area contributed by atoms with Crippen LogP contribution < -0.4 is 0 Å². The first-order valence-electron chi connectivity index (χ1n) is 4.42. The van der Waals surface area contributed by atoms with E-state index in [0.29, 0.717) is 5.25 Å². The second-order valence-electron chi connectivity index (χ2n) is 3.01. The molecule has 1 atom stereocenters. The molecular weight excluding hydrogens is 164 g/mol. The van der Waals surface area contributed by atoms with Crippen LogP contribution >= 0.6 is 11.8 Å². The molecule has 1 aromatic carbocycles. The Bertz CT molecular complexity index is 243.